The first-order valence-electron chi connectivity index (χ1n) is 17.7. The van der Waals surface area contributed by atoms with Gasteiger partial charge in [-0.3, -0.25) is 5.32 Å². The summed E-state index contributed by atoms with van der Waals surface area (Å²) in [6.07, 6.45) is 13.0. The molecule has 9 rings (SSSR count). The third kappa shape index (κ3) is 5.51. The summed E-state index contributed by atoms with van der Waals surface area (Å²) in [7, 11) is 2.00. The van der Waals surface area contributed by atoms with Crippen molar-refractivity contribution < 1.29 is 4.42 Å². The smallest absolute Gasteiger partial charge is 0.135 e. The molecule has 0 amide bonds. The summed E-state index contributed by atoms with van der Waals surface area (Å²) < 4.78 is 6.09. The highest BCUT2D eigenvalue weighted by Gasteiger charge is 2.41. The van der Waals surface area contributed by atoms with Crippen LogP contribution in [0.1, 0.15) is 65.1 Å². The summed E-state index contributed by atoms with van der Waals surface area (Å²) in [4.78, 5) is 2.63. The van der Waals surface area contributed by atoms with Gasteiger partial charge in [0, 0.05) is 40.5 Å². The van der Waals surface area contributed by atoms with E-state index in [1.165, 1.54) is 55.5 Å². The lowest BCUT2D eigenvalue weighted by atomic mass is 9.78. The molecule has 1 aliphatic heterocycles. The standard InChI is InChI=1S/C45H41N3O/c1-46-45(33-9-3-2-4-10-33)47-29-30-15-17-31(18-16-30)34-21-25-42-39(27-34)37-11-5-7-13-41(37)48(42)36-23-19-32(20-24-36)35-22-26-44-40(28-35)38-12-6-8-14-43(38)49-44/h2-19,21-23,25-26,28,34,39,42,45-47H,20,24,27,29H2,1H3/t34?,39?,42?,45-/m0/s1. The van der Waals surface area contributed by atoms with Crippen LogP contribution in [0.25, 0.3) is 27.5 Å². The molecule has 0 radical (unpaired) electrons. The highest BCUT2D eigenvalue weighted by molar-refractivity contribution is 6.05. The van der Waals surface area contributed by atoms with E-state index in [1.807, 2.05) is 13.1 Å². The van der Waals surface area contributed by atoms with Crippen LogP contribution in [0.3, 0.4) is 0 Å². The molecule has 0 bridgehead atoms. The molecule has 4 atom stereocenters. The number of anilines is 1. The van der Waals surface area contributed by atoms with Crippen LogP contribution in [0, 0.1) is 0 Å². The van der Waals surface area contributed by atoms with Gasteiger partial charge in [0.15, 0.2) is 0 Å². The first-order chi connectivity index (χ1) is 24.2. The third-order valence-corrected chi connectivity index (χ3v) is 10.9. The summed E-state index contributed by atoms with van der Waals surface area (Å²) in [5.41, 5.74) is 12.8. The zero-order chi connectivity index (χ0) is 32.7. The monoisotopic (exact) mass is 639 g/mol. The van der Waals surface area contributed by atoms with Gasteiger partial charge in [0.05, 0.1) is 12.2 Å². The molecule has 2 heterocycles. The molecule has 0 saturated carbocycles. The van der Waals surface area contributed by atoms with Crippen molar-refractivity contribution in [2.24, 2.45) is 0 Å². The number of allylic oxidation sites excluding steroid dienone is 5. The average molecular weight is 640 g/mol. The topological polar surface area (TPSA) is 40.4 Å². The van der Waals surface area contributed by atoms with Crippen molar-refractivity contribution in [1.29, 1.82) is 0 Å². The number of hydrogen-bond acceptors (Lipinski definition) is 4. The Balaban J connectivity index is 0.936. The van der Waals surface area contributed by atoms with Crippen molar-refractivity contribution in [2.45, 2.75) is 49.9 Å². The minimum Gasteiger partial charge on any atom is -0.456 e. The summed E-state index contributed by atoms with van der Waals surface area (Å²) in [5, 5.41) is 9.43. The highest BCUT2D eigenvalue weighted by Crippen LogP contribution is 2.51. The number of nitrogens with one attached hydrogen (secondary N) is 2. The number of fused-ring (bicyclic) bond motifs is 6. The van der Waals surface area contributed by atoms with Crippen LogP contribution >= 0.6 is 0 Å². The Labute approximate surface area is 288 Å². The molecular formula is C45H41N3O. The number of hydrogen-bond donors (Lipinski definition) is 2. The van der Waals surface area contributed by atoms with Gasteiger partial charge in [0.1, 0.15) is 11.2 Å². The van der Waals surface area contributed by atoms with Gasteiger partial charge in [-0.2, -0.15) is 0 Å². The van der Waals surface area contributed by atoms with E-state index >= 15 is 0 Å². The summed E-state index contributed by atoms with van der Waals surface area (Å²) in [6.45, 7) is 0.814. The number of benzene rings is 5. The van der Waals surface area contributed by atoms with E-state index in [2.05, 4.69) is 155 Å². The van der Waals surface area contributed by atoms with E-state index in [4.69, 9.17) is 4.42 Å². The molecule has 5 aromatic carbocycles. The Morgan fingerprint density at radius 2 is 1.55 bits per heavy atom. The number of rotatable bonds is 8. The lowest BCUT2D eigenvalue weighted by molar-refractivity contribution is 0.473. The molecule has 0 saturated heterocycles. The van der Waals surface area contributed by atoms with E-state index in [0.29, 0.717) is 17.9 Å². The van der Waals surface area contributed by atoms with Gasteiger partial charge in [-0.1, -0.05) is 115 Å². The van der Waals surface area contributed by atoms with E-state index in [1.54, 1.807) is 0 Å². The minimum atomic E-state index is 0.123. The number of nitrogens with zero attached hydrogens (tertiary/aromatic N) is 1. The van der Waals surface area contributed by atoms with E-state index in [9.17, 15) is 0 Å². The second kappa shape index (κ2) is 12.7. The molecule has 0 fully saturated rings. The fraction of sp³-hybridized carbons (Fsp3) is 0.200. The number of para-hydroxylation sites is 2. The molecule has 2 aliphatic carbocycles. The van der Waals surface area contributed by atoms with Gasteiger partial charge in [-0.15, -0.1) is 0 Å². The van der Waals surface area contributed by atoms with Crippen LogP contribution in [-0.2, 0) is 6.54 Å². The van der Waals surface area contributed by atoms with Crippen molar-refractivity contribution in [3.8, 4) is 0 Å². The normalized spacial score (nSPS) is 20.6. The van der Waals surface area contributed by atoms with Gasteiger partial charge in [0.2, 0.25) is 0 Å². The molecule has 6 aromatic rings. The Bertz CT molecular complexity index is 2230. The molecule has 0 spiro atoms. The van der Waals surface area contributed by atoms with Crippen molar-refractivity contribution in [3.63, 3.8) is 0 Å². The molecule has 4 nitrogen and oxygen atoms in total. The predicted molar refractivity (Wildman–Crippen MR) is 202 cm³/mol. The SMILES string of the molecule is CN[C@@H](NCc1ccc(C2C=CC3C(C2)c2ccccc2N3C2=CC=C(c3ccc4oc5ccccc5c4c3)CC2)cc1)c1ccccc1. The van der Waals surface area contributed by atoms with Crippen LogP contribution in [0.2, 0.25) is 0 Å². The molecule has 242 valence electrons. The van der Waals surface area contributed by atoms with Gasteiger partial charge in [-0.05, 0) is 90.0 Å². The van der Waals surface area contributed by atoms with Gasteiger partial charge >= 0.3 is 0 Å². The third-order valence-electron chi connectivity index (χ3n) is 10.9. The maximum absolute atomic E-state index is 6.09. The maximum Gasteiger partial charge on any atom is 0.135 e. The van der Waals surface area contributed by atoms with Crippen LogP contribution in [0.15, 0.2) is 156 Å². The zero-order valence-electron chi connectivity index (χ0n) is 27.8. The zero-order valence-corrected chi connectivity index (χ0v) is 27.8. The molecule has 4 heteroatoms. The molecule has 1 aromatic heterocycles. The lowest BCUT2D eigenvalue weighted by Gasteiger charge is -2.35. The van der Waals surface area contributed by atoms with Gasteiger partial charge < -0.3 is 14.6 Å². The Morgan fingerprint density at radius 1 is 0.755 bits per heavy atom. The van der Waals surface area contributed by atoms with Crippen molar-refractivity contribution >= 4 is 33.2 Å². The second-order valence-electron chi connectivity index (χ2n) is 13.7. The fourth-order valence-electron chi connectivity index (χ4n) is 8.35. The summed E-state index contributed by atoms with van der Waals surface area (Å²) >= 11 is 0. The van der Waals surface area contributed by atoms with Gasteiger partial charge in [-0.25, -0.2) is 0 Å². The predicted octanol–water partition coefficient (Wildman–Crippen LogP) is 10.4. The molecule has 3 aliphatic rings. The fourth-order valence-corrected chi connectivity index (χ4v) is 8.35. The van der Waals surface area contributed by atoms with Crippen molar-refractivity contribution in [2.75, 3.05) is 11.9 Å². The number of furan rings is 1. The van der Waals surface area contributed by atoms with E-state index in [-0.39, 0.29) is 6.17 Å². The Hall–Kier alpha value is -5.16. The first kappa shape index (κ1) is 29.9. The quantitative estimate of drug-likeness (QED) is 0.128. The van der Waals surface area contributed by atoms with Crippen molar-refractivity contribution in [1.82, 2.24) is 10.6 Å². The lowest BCUT2D eigenvalue weighted by Crippen LogP contribution is -2.34. The van der Waals surface area contributed by atoms with Gasteiger partial charge in [0.25, 0.3) is 0 Å². The largest absolute Gasteiger partial charge is 0.456 e. The highest BCUT2D eigenvalue weighted by atomic mass is 16.3. The summed E-state index contributed by atoms with van der Waals surface area (Å²) in [5.74, 6) is 0.879. The average Bonchev–Trinajstić information content (AvgIpc) is 3.71. The minimum absolute atomic E-state index is 0.123. The van der Waals surface area contributed by atoms with Crippen molar-refractivity contribution in [3.05, 3.63) is 179 Å². The van der Waals surface area contributed by atoms with E-state index < -0.39 is 0 Å². The second-order valence-corrected chi connectivity index (χ2v) is 13.7. The first-order valence-corrected chi connectivity index (χ1v) is 17.7. The van der Waals surface area contributed by atoms with E-state index in [0.717, 1.165) is 37.0 Å². The maximum atomic E-state index is 6.09. The molecule has 2 N–H and O–H groups in total. The Kier molecular flexibility index (Phi) is 7.76. The summed E-state index contributed by atoms with van der Waals surface area (Å²) in [6, 6.07) is 44.2. The van der Waals surface area contributed by atoms with Crippen LogP contribution in [0.5, 0.6) is 0 Å². The van der Waals surface area contributed by atoms with Crippen LogP contribution in [-0.4, -0.2) is 13.1 Å². The molecular weight excluding hydrogens is 599 g/mol. The molecule has 3 unspecified atom stereocenters. The van der Waals surface area contributed by atoms with Crippen LogP contribution < -0.4 is 15.5 Å². The van der Waals surface area contributed by atoms with Crippen LogP contribution in [0.4, 0.5) is 5.69 Å². The Morgan fingerprint density at radius 3 is 2.39 bits per heavy atom. The molecule has 49 heavy (non-hydrogen) atoms.